The number of nitrogens with zero attached hydrogens (tertiary/aromatic N) is 1. The molecule has 1 aromatic carbocycles. The number of halogens is 1. The van der Waals surface area contributed by atoms with Gasteiger partial charge < -0.3 is 4.74 Å². The van der Waals surface area contributed by atoms with E-state index in [0.717, 1.165) is 5.01 Å². The van der Waals surface area contributed by atoms with Crippen molar-refractivity contribution in [3.63, 3.8) is 0 Å². The van der Waals surface area contributed by atoms with E-state index >= 15 is 0 Å². The lowest BCUT2D eigenvalue weighted by Crippen LogP contribution is -2.37. The molecule has 0 aromatic heterocycles. The second-order valence-corrected chi connectivity index (χ2v) is 3.86. The lowest BCUT2D eigenvalue weighted by atomic mass is 10.1. The molecule has 0 saturated carbocycles. The van der Waals surface area contributed by atoms with Gasteiger partial charge in [-0.3, -0.25) is 10.2 Å². The SMILES string of the molecule is C=C1NN(CC(=O)c2ccc(Cl)cc2)C(=O)O1. The number of ketones is 1. The molecule has 1 fully saturated rings. The van der Waals surface area contributed by atoms with Gasteiger partial charge in [0.25, 0.3) is 0 Å². The molecule has 0 unspecified atom stereocenters. The highest BCUT2D eigenvalue weighted by Gasteiger charge is 2.27. The van der Waals surface area contributed by atoms with Crippen LogP contribution in [0.15, 0.2) is 36.7 Å². The number of Topliss-reactive ketones (excluding diaryl/α,β-unsaturated/α-hetero) is 1. The van der Waals surface area contributed by atoms with Gasteiger partial charge in [0.15, 0.2) is 5.78 Å². The van der Waals surface area contributed by atoms with Crippen LogP contribution in [0.3, 0.4) is 0 Å². The second-order valence-electron chi connectivity index (χ2n) is 3.42. The molecule has 1 amide bonds. The van der Waals surface area contributed by atoms with E-state index in [1.54, 1.807) is 24.3 Å². The van der Waals surface area contributed by atoms with Crippen molar-refractivity contribution in [2.45, 2.75) is 0 Å². The fourth-order valence-electron chi connectivity index (χ4n) is 1.35. The van der Waals surface area contributed by atoms with Crippen LogP contribution in [0.25, 0.3) is 0 Å². The maximum atomic E-state index is 11.8. The number of hydrogen-bond acceptors (Lipinski definition) is 4. The summed E-state index contributed by atoms with van der Waals surface area (Å²) in [4.78, 5) is 23.0. The van der Waals surface area contributed by atoms with E-state index in [1.165, 1.54) is 0 Å². The van der Waals surface area contributed by atoms with Gasteiger partial charge >= 0.3 is 6.09 Å². The van der Waals surface area contributed by atoms with Gasteiger partial charge in [0.2, 0.25) is 5.88 Å². The lowest BCUT2D eigenvalue weighted by molar-refractivity contribution is 0.0926. The number of rotatable bonds is 3. The number of hydrogen-bond donors (Lipinski definition) is 1. The van der Waals surface area contributed by atoms with Gasteiger partial charge in [-0.05, 0) is 30.8 Å². The highest BCUT2D eigenvalue weighted by molar-refractivity contribution is 6.30. The van der Waals surface area contributed by atoms with Crippen molar-refractivity contribution in [1.82, 2.24) is 10.4 Å². The van der Waals surface area contributed by atoms with Crippen LogP contribution in [-0.2, 0) is 4.74 Å². The van der Waals surface area contributed by atoms with Gasteiger partial charge in [0.05, 0.1) is 0 Å². The third-order valence-corrected chi connectivity index (χ3v) is 2.41. The number of benzene rings is 1. The first-order chi connectivity index (χ1) is 8.06. The van der Waals surface area contributed by atoms with Crippen LogP contribution in [-0.4, -0.2) is 23.4 Å². The first-order valence-corrected chi connectivity index (χ1v) is 5.18. The summed E-state index contributed by atoms with van der Waals surface area (Å²) < 4.78 is 4.64. The summed E-state index contributed by atoms with van der Waals surface area (Å²) in [5.41, 5.74) is 3.01. The Balaban J connectivity index is 2.04. The second kappa shape index (κ2) is 4.47. The van der Waals surface area contributed by atoms with Crippen molar-refractivity contribution >= 4 is 23.5 Å². The number of carbonyl (C=O) groups excluding carboxylic acids is 2. The molecule has 5 nitrogen and oxygen atoms in total. The third-order valence-electron chi connectivity index (χ3n) is 2.16. The molecule has 1 aliphatic rings. The predicted octanol–water partition coefficient (Wildman–Crippen LogP) is 1.95. The van der Waals surface area contributed by atoms with Crippen LogP contribution < -0.4 is 5.43 Å². The summed E-state index contributed by atoms with van der Waals surface area (Å²) in [7, 11) is 0. The third kappa shape index (κ3) is 2.57. The van der Waals surface area contributed by atoms with Crippen LogP contribution in [0.4, 0.5) is 4.79 Å². The van der Waals surface area contributed by atoms with Crippen LogP contribution in [0.5, 0.6) is 0 Å². The Morgan fingerprint density at radius 2 is 2.06 bits per heavy atom. The van der Waals surface area contributed by atoms with Crippen LogP contribution in [0.2, 0.25) is 5.02 Å². The largest absolute Gasteiger partial charge is 0.435 e. The average molecular weight is 253 g/mol. The highest BCUT2D eigenvalue weighted by atomic mass is 35.5. The fraction of sp³-hybridized carbons (Fsp3) is 0.0909. The minimum absolute atomic E-state index is 0.110. The molecule has 2 rings (SSSR count). The molecule has 1 aliphatic heterocycles. The zero-order chi connectivity index (χ0) is 12.4. The molecule has 17 heavy (non-hydrogen) atoms. The number of ether oxygens (including phenoxy) is 1. The first-order valence-electron chi connectivity index (χ1n) is 4.80. The van der Waals surface area contributed by atoms with E-state index in [1.807, 2.05) is 0 Å². The Bertz CT molecular complexity index is 484. The summed E-state index contributed by atoms with van der Waals surface area (Å²) >= 11 is 5.71. The normalized spacial score (nSPS) is 14.5. The molecule has 0 bridgehead atoms. The topological polar surface area (TPSA) is 58.6 Å². The summed E-state index contributed by atoms with van der Waals surface area (Å²) in [6.07, 6.45) is -0.641. The van der Waals surface area contributed by atoms with Crippen molar-refractivity contribution in [3.05, 3.63) is 47.3 Å². The van der Waals surface area contributed by atoms with Crippen LogP contribution >= 0.6 is 11.6 Å². The Morgan fingerprint density at radius 3 is 2.59 bits per heavy atom. The van der Waals surface area contributed by atoms with E-state index in [4.69, 9.17) is 11.6 Å². The van der Waals surface area contributed by atoms with E-state index in [2.05, 4.69) is 16.7 Å². The van der Waals surface area contributed by atoms with Gasteiger partial charge in [0, 0.05) is 10.6 Å². The maximum absolute atomic E-state index is 11.8. The molecule has 0 atom stereocenters. The molecule has 1 heterocycles. The molecule has 1 N–H and O–H groups in total. The molecule has 6 heteroatoms. The van der Waals surface area contributed by atoms with E-state index in [-0.39, 0.29) is 18.2 Å². The minimum atomic E-state index is -0.641. The predicted molar refractivity (Wildman–Crippen MR) is 61.2 cm³/mol. The summed E-state index contributed by atoms with van der Waals surface area (Å²) in [6, 6.07) is 6.43. The Morgan fingerprint density at radius 1 is 1.41 bits per heavy atom. The van der Waals surface area contributed by atoms with Crippen LogP contribution in [0.1, 0.15) is 10.4 Å². The number of cyclic esters (lactones) is 1. The van der Waals surface area contributed by atoms with Gasteiger partial charge in [-0.25, -0.2) is 9.80 Å². The van der Waals surface area contributed by atoms with Gasteiger partial charge in [-0.1, -0.05) is 11.6 Å². The van der Waals surface area contributed by atoms with Crippen molar-refractivity contribution in [1.29, 1.82) is 0 Å². The number of nitrogens with one attached hydrogen (secondary N) is 1. The summed E-state index contributed by atoms with van der Waals surface area (Å²) in [6.45, 7) is 3.30. The standard InChI is InChI=1S/C11H9ClN2O3/c1-7-13-14(11(16)17-7)6-10(15)8-2-4-9(12)5-3-8/h2-5,13H,1,6H2. The minimum Gasteiger partial charge on any atom is -0.391 e. The Kier molecular flexibility index (Phi) is 3.01. The molecular weight excluding hydrogens is 244 g/mol. The maximum Gasteiger partial charge on any atom is 0.435 e. The van der Waals surface area contributed by atoms with Crippen molar-refractivity contribution in [2.75, 3.05) is 6.54 Å². The smallest absolute Gasteiger partial charge is 0.391 e. The zero-order valence-corrected chi connectivity index (χ0v) is 9.53. The van der Waals surface area contributed by atoms with E-state index in [0.29, 0.717) is 10.6 Å². The number of hydrazine groups is 1. The lowest BCUT2D eigenvalue weighted by Gasteiger charge is -2.11. The Hall–Kier alpha value is -2.01. The Labute approximate surface area is 103 Å². The average Bonchev–Trinajstić information content (AvgIpc) is 2.58. The molecule has 88 valence electrons. The van der Waals surface area contributed by atoms with E-state index in [9.17, 15) is 9.59 Å². The molecular formula is C11H9ClN2O3. The molecule has 1 saturated heterocycles. The quantitative estimate of drug-likeness (QED) is 0.836. The highest BCUT2D eigenvalue weighted by Crippen LogP contribution is 2.12. The monoisotopic (exact) mass is 252 g/mol. The zero-order valence-electron chi connectivity index (χ0n) is 8.77. The number of carbonyl (C=O) groups is 2. The van der Waals surface area contributed by atoms with Gasteiger partial charge in [0.1, 0.15) is 6.54 Å². The van der Waals surface area contributed by atoms with Crippen molar-refractivity contribution in [2.24, 2.45) is 0 Å². The number of amides is 1. The summed E-state index contributed by atoms with van der Waals surface area (Å²) in [5.74, 6) is -0.111. The summed E-state index contributed by atoms with van der Waals surface area (Å²) in [5, 5.41) is 1.60. The molecule has 1 aromatic rings. The first kappa shape index (κ1) is 11.5. The van der Waals surface area contributed by atoms with Gasteiger partial charge in [-0.15, -0.1) is 0 Å². The van der Waals surface area contributed by atoms with Crippen molar-refractivity contribution in [3.8, 4) is 0 Å². The van der Waals surface area contributed by atoms with Crippen molar-refractivity contribution < 1.29 is 14.3 Å². The molecule has 0 spiro atoms. The molecule has 0 radical (unpaired) electrons. The van der Waals surface area contributed by atoms with Crippen LogP contribution in [0, 0.1) is 0 Å². The van der Waals surface area contributed by atoms with E-state index < -0.39 is 6.09 Å². The van der Waals surface area contributed by atoms with Gasteiger partial charge in [-0.2, -0.15) is 0 Å². The fourth-order valence-corrected chi connectivity index (χ4v) is 1.48. The molecule has 0 aliphatic carbocycles.